The van der Waals surface area contributed by atoms with Crippen molar-refractivity contribution in [1.82, 2.24) is 25.1 Å². The first kappa shape index (κ1) is 12.8. The van der Waals surface area contributed by atoms with E-state index in [4.69, 9.17) is 10.5 Å². The molecule has 0 aliphatic rings. The Kier molecular flexibility index (Phi) is 3.77. The minimum atomic E-state index is 0.113. The Balaban J connectivity index is 2.19. The van der Waals surface area contributed by atoms with Crippen molar-refractivity contribution in [2.24, 2.45) is 0 Å². The van der Waals surface area contributed by atoms with Crippen LogP contribution in [0.4, 0.5) is 11.1 Å². The molecule has 2 aromatic rings. The van der Waals surface area contributed by atoms with Crippen LogP contribution in [0.15, 0.2) is 9.50 Å². The average molecular weight is 285 g/mol. The van der Waals surface area contributed by atoms with Gasteiger partial charge in [-0.2, -0.15) is 15.0 Å². The summed E-state index contributed by atoms with van der Waals surface area (Å²) in [5.74, 6) is 0.113. The number of nitrogens with zero attached hydrogens (tertiary/aromatic N) is 6. The van der Waals surface area contributed by atoms with E-state index in [1.165, 1.54) is 30.2 Å². The van der Waals surface area contributed by atoms with Crippen molar-refractivity contribution < 1.29 is 4.74 Å². The Morgan fingerprint density at radius 3 is 2.61 bits per heavy atom. The summed E-state index contributed by atoms with van der Waals surface area (Å²) in [7, 11) is 5.27. The lowest BCUT2D eigenvalue weighted by atomic mass is 10.9. The number of nitrogens with two attached hydrogens (primary N) is 1. The van der Waals surface area contributed by atoms with E-state index in [9.17, 15) is 0 Å². The molecule has 0 aliphatic carbocycles. The molecule has 0 saturated heterocycles. The molecule has 18 heavy (non-hydrogen) atoms. The maximum Gasteiger partial charge on any atom is 0.321 e. The topological polar surface area (TPSA) is 103 Å². The van der Waals surface area contributed by atoms with E-state index in [1.54, 1.807) is 0 Å². The van der Waals surface area contributed by atoms with Gasteiger partial charge in [0, 0.05) is 14.1 Å². The molecule has 0 fully saturated rings. The summed E-state index contributed by atoms with van der Waals surface area (Å²) in [4.78, 5) is 13.7. The largest absolute Gasteiger partial charge is 0.467 e. The number of methoxy groups -OCH3 is 1. The van der Waals surface area contributed by atoms with Crippen LogP contribution in [0.1, 0.15) is 0 Å². The minimum Gasteiger partial charge on any atom is -0.467 e. The fourth-order valence-corrected chi connectivity index (χ4v) is 2.61. The SMILES string of the molecule is COc1nc(N)nc(Sc2nnc(N(C)C)s2)n1. The normalized spacial score (nSPS) is 10.4. The van der Waals surface area contributed by atoms with E-state index in [0.717, 1.165) is 9.47 Å². The van der Waals surface area contributed by atoms with Gasteiger partial charge in [-0.15, -0.1) is 10.2 Å². The second kappa shape index (κ2) is 5.31. The minimum absolute atomic E-state index is 0.113. The molecule has 0 aliphatic heterocycles. The van der Waals surface area contributed by atoms with Crippen LogP contribution in [0.5, 0.6) is 6.01 Å². The van der Waals surface area contributed by atoms with E-state index in [1.807, 2.05) is 19.0 Å². The van der Waals surface area contributed by atoms with Gasteiger partial charge in [0.25, 0.3) is 0 Å². The molecular weight excluding hydrogens is 274 g/mol. The standard InChI is InChI=1S/C8H11N7OS2/c1-15(2)7-13-14-8(18-7)17-6-11-4(9)10-5(12-6)16-3/h1-3H3,(H2,9,10,11,12). The van der Waals surface area contributed by atoms with Crippen LogP contribution in [0, 0.1) is 0 Å². The highest BCUT2D eigenvalue weighted by Crippen LogP contribution is 2.31. The highest BCUT2D eigenvalue weighted by atomic mass is 32.2. The van der Waals surface area contributed by atoms with E-state index in [0.29, 0.717) is 5.16 Å². The summed E-state index contributed by atoms with van der Waals surface area (Å²) in [6.45, 7) is 0. The van der Waals surface area contributed by atoms with E-state index in [-0.39, 0.29) is 12.0 Å². The van der Waals surface area contributed by atoms with Crippen molar-refractivity contribution in [3.63, 3.8) is 0 Å². The first-order chi connectivity index (χ1) is 8.58. The van der Waals surface area contributed by atoms with Crippen LogP contribution < -0.4 is 15.4 Å². The van der Waals surface area contributed by atoms with Gasteiger partial charge in [-0.1, -0.05) is 11.3 Å². The summed E-state index contributed by atoms with van der Waals surface area (Å²) in [6.07, 6.45) is 0. The molecule has 0 radical (unpaired) electrons. The zero-order chi connectivity index (χ0) is 13.1. The second-order valence-corrected chi connectivity index (χ2v) is 5.48. The van der Waals surface area contributed by atoms with Crippen molar-refractivity contribution in [2.45, 2.75) is 9.50 Å². The molecule has 0 atom stereocenters. The maximum atomic E-state index is 5.55. The maximum absolute atomic E-state index is 5.55. The molecule has 0 spiro atoms. The monoisotopic (exact) mass is 285 g/mol. The van der Waals surface area contributed by atoms with Gasteiger partial charge >= 0.3 is 6.01 Å². The molecule has 0 amide bonds. The van der Waals surface area contributed by atoms with Gasteiger partial charge in [0.15, 0.2) is 4.34 Å². The molecule has 10 heteroatoms. The lowest BCUT2D eigenvalue weighted by Gasteiger charge is -2.03. The van der Waals surface area contributed by atoms with Crippen LogP contribution in [0.3, 0.4) is 0 Å². The van der Waals surface area contributed by atoms with Crippen LogP contribution in [-0.2, 0) is 0 Å². The lowest BCUT2D eigenvalue weighted by Crippen LogP contribution is -2.07. The fourth-order valence-electron chi connectivity index (χ4n) is 0.992. The number of rotatable bonds is 4. The predicted octanol–water partition coefficient (Wildman–Crippen LogP) is 0.531. The van der Waals surface area contributed by atoms with Crippen molar-refractivity contribution in [1.29, 1.82) is 0 Å². The molecular formula is C8H11N7OS2. The van der Waals surface area contributed by atoms with E-state index < -0.39 is 0 Å². The molecule has 96 valence electrons. The van der Waals surface area contributed by atoms with Gasteiger partial charge in [0.05, 0.1) is 7.11 Å². The third-order valence-electron chi connectivity index (χ3n) is 1.75. The summed E-state index contributed by atoms with van der Waals surface area (Å²) >= 11 is 2.71. The Labute approximate surface area is 112 Å². The quantitative estimate of drug-likeness (QED) is 0.861. The Morgan fingerprint density at radius 2 is 2.00 bits per heavy atom. The first-order valence-corrected chi connectivity index (χ1v) is 6.46. The lowest BCUT2D eigenvalue weighted by molar-refractivity contribution is 0.374. The summed E-state index contributed by atoms with van der Waals surface area (Å²) in [5.41, 5.74) is 5.55. The van der Waals surface area contributed by atoms with Crippen LogP contribution >= 0.6 is 23.1 Å². The van der Waals surface area contributed by atoms with Crippen molar-refractivity contribution in [2.75, 3.05) is 31.8 Å². The zero-order valence-corrected chi connectivity index (χ0v) is 11.6. The molecule has 0 unspecified atom stereocenters. The average Bonchev–Trinajstić information content (AvgIpc) is 2.76. The third kappa shape index (κ3) is 2.96. The van der Waals surface area contributed by atoms with Crippen molar-refractivity contribution in [3.05, 3.63) is 0 Å². The van der Waals surface area contributed by atoms with Gasteiger partial charge in [-0.05, 0) is 11.8 Å². The van der Waals surface area contributed by atoms with Gasteiger partial charge in [-0.25, -0.2) is 0 Å². The molecule has 8 nitrogen and oxygen atoms in total. The van der Waals surface area contributed by atoms with Gasteiger partial charge in [-0.3, -0.25) is 0 Å². The summed E-state index contributed by atoms with van der Waals surface area (Å²) < 4.78 is 5.65. The van der Waals surface area contributed by atoms with Crippen molar-refractivity contribution in [3.8, 4) is 6.01 Å². The fraction of sp³-hybridized carbons (Fsp3) is 0.375. The van der Waals surface area contributed by atoms with Gasteiger partial charge in [0.2, 0.25) is 16.2 Å². The summed E-state index contributed by atoms with van der Waals surface area (Å²) in [5, 5.41) is 9.29. The smallest absolute Gasteiger partial charge is 0.321 e. The number of nitrogen functional groups attached to an aromatic ring is 1. The molecule has 0 bridgehead atoms. The number of aromatic nitrogens is 5. The van der Waals surface area contributed by atoms with Crippen LogP contribution in [0.25, 0.3) is 0 Å². The molecule has 2 N–H and O–H groups in total. The predicted molar refractivity (Wildman–Crippen MR) is 69.2 cm³/mol. The molecule has 2 heterocycles. The first-order valence-electron chi connectivity index (χ1n) is 4.82. The van der Waals surface area contributed by atoms with E-state index >= 15 is 0 Å². The zero-order valence-electron chi connectivity index (χ0n) is 9.99. The molecule has 0 saturated carbocycles. The van der Waals surface area contributed by atoms with Crippen LogP contribution in [0.2, 0.25) is 0 Å². The molecule has 2 rings (SSSR count). The third-order valence-corrected chi connectivity index (χ3v) is 3.76. The molecule has 0 aromatic carbocycles. The highest BCUT2D eigenvalue weighted by molar-refractivity contribution is 8.00. The number of anilines is 2. The van der Waals surface area contributed by atoms with Gasteiger partial charge < -0.3 is 15.4 Å². The molecule has 2 aromatic heterocycles. The highest BCUT2D eigenvalue weighted by Gasteiger charge is 2.11. The number of hydrogen-bond donors (Lipinski definition) is 1. The van der Waals surface area contributed by atoms with Crippen molar-refractivity contribution >= 4 is 34.2 Å². The van der Waals surface area contributed by atoms with Gasteiger partial charge in [0.1, 0.15) is 0 Å². The van der Waals surface area contributed by atoms with E-state index in [2.05, 4.69) is 25.1 Å². The Hall–Kier alpha value is -1.68. The Morgan fingerprint density at radius 1 is 1.22 bits per heavy atom. The summed E-state index contributed by atoms with van der Waals surface area (Å²) in [6, 6.07) is 0.183. The van der Waals surface area contributed by atoms with Crippen LogP contribution in [-0.4, -0.2) is 46.4 Å². The Bertz CT molecular complexity index is 544. The second-order valence-electron chi connectivity index (χ2n) is 3.31. The number of ether oxygens (including phenoxy) is 1. The number of hydrogen-bond acceptors (Lipinski definition) is 10.